The van der Waals surface area contributed by atoms with Crippen LogP contribution in [-0.2, 0) is 0 Å². The summed E-state index contributed by atoms with van der Waals surface area (Å²) in [6.45, 7) is 2.75. The Hall–Kier alpha value is -4.45. The molecule has 0 aliphatic rings. The summed E-state index contributed by atoms with van der Waals surface area (Å²) in [7, 11) is 0. The molecule has 35 heavy (non-hydrogen) atoms. The largest absolute Gasteiger partial charge is 0.494 e. The van der Waals surface area contributed by atoms with Gasteiger partial charge in [-0.1, -0.05) is 61.9 Å². The van der Waals surface area contributed by atoms with Gasteiger partial charge in [0.05, 0.1) is 18.4 Å². The van der Waals surface area contributed by atoms with E-state index in [1.54, 1.807) is 54.6 Å². The molecule has 6 nitrogen and oxygen atoms in total. The highest BCUT2D eigenvalue weighted by Crippen LogP contribution is 2.27. The molecule has 0 saturated heterocycles. The highest BCUT2D eigenvalue weighted by Gasteiger charge is 2.13. The lowest BCUT2D eigenvalue weighted by Gasteiger charge is -2.10. The quantitative estimate of drug-likeness (QED) is 0.108. The summed E-state index contributed by atoms with van der Waals surface area (Å²) < 4.78 is 11.3. The Morgan fingerprint density at radius 1 is 0.857 bits per heavy atom. The first-order chi connectivity index (χ1) is 17.2. The molecule has 0 unspecified atom stereocenters. The molecule has 176 valence electrons. The van der Waals surface area contributed by atoms with Crippen molar-refractivity contribution >= 4 is 28.9 Å². The van der Waals surface area contributed by atoms with Gasteiger partial charge in [0.25, 0.3) is 5.91 Å². The summed E-state index contributed by atoms with van der Waals surface area (Å²) in [5.41, 5.74) is 4.04. The molecule has 0 heterocycles. The molecule has 0 aliphatic carbocycles. The maximum Gasteiger partial charge on any atom is 0.343 e. The highest BCUT2D eigenvalue weighted by molar-refractivity contribution is 6.04. The number of hydrogen-bond donors (Lipinski definition) is 1. The number of esters is 1. The summed E-state index contributed by atoms with van der Waals surface area (Å²) in [6.07, 6.45) is 3.53. The van der Waals surface area contributed by atoms with Crippen LogP contribution in [0.15, 0.2) is 96.1 Å². The van der Waals surface area contributed by atoms with Crippen LogP contribution < -0.4 is 14.9 Å². The number of nitrogens with zero attached hydrogens (tertiary/aromatic N) is 1. The minimum atomic E-state index is -0.471. The van der Waals surface area contributed by atoms with Gasteiger partial charge in [0.1, 0.15) is 11.5 Å². The molecule has 0 bridgehead atoms. The Morgan fingerprint density at radius 3 is 2.37 bits per heavy atom. The van der Waals surface area contributed by atoms with E-state index < -0.39 is 5.97 Å². The second kappa shape index (κ2) is 11.6. The van der Waals surface area contributed by atoms with Gasteiger partial charge in [0.15, 0.2) is 0 Å². The fourth-order valence-electron chi connectivity index (χ4n) is 3.49. The summed E-state index contributed by atoms with van der Waals surface area (Å²) in [4.78, 5) is 25.2. The van der Waals surface area contributed by atoms with Crippen molar-refractivity contribution < 1.29 is 19.1 Å². The van der Waals surface area contributed by atoms with Crippen LogP contribution in [0.4, 0.5) is 0 Å². The zero-order valence-electron chi connectivity index (χ0n) is 19.4. The van der Waals surface area contributed by atoms with Gasteiger partial charge in [-0.25, -0.2) is 10.2 Å². The molecule has 4 rings (SSSR count). The number of carbonyl (C=O) groups excluding carboxylic acids is 2. The molecule has 0 aliphatic heterocycles. The molecule has 1 N–H and O–H groups in total. The first kappa shape index (κ1) is 23.7. The summed E-state index contributed by atoms with van der Waals surface area (Å²) in [5.74, 6) is 0.244. The maximum atomic E-state index is 12.6. The van der Waals surface area contributed by atoms with E-state index in [0.717, 1.165) is 29.4 Å². The molecule has 4 aromatic carbocycles. The number of amides is 1. The second-order valence-corrected chi connectivity index (χ2v) is 7.88. The number of rotatable bonds is 9. The maximum absolute atomic E-state index is 12.6. The fourth-order valence-corrected chi connectivity index (χ4v) is 3.49. The van der Waals surface area contributed by atoms with Crippen LogP contribution in [0, 0.1) is 0 Å². The van der Waals surface area contributed by atoms with Gasteiger partial charge in [-0.3, -0.25) is 4.79 Å². The van der Waals surface area contributed by atoms with Crippen LogP contribution in [0.3, 0.4) is 0 Å². The first-order valence-electron chi connectivity index (χ1n) is 11.5. The first-order valence-corrected chi connectivity index (χ1v) is 11.5. The normalized spacial score (nSPS) is 10.9. The number of hydrazone groups is 1. The van der Waals surface area contributed by atoms with E-state index in [-0.39, 0.29) is 5.91 Å². The molecule has 4 aromatic rings. The van der Waals surface area contributed by atoms with Crippen LogP contribution in [0.2, 0.25) is 0 Å². The van der Waals surface area contributed by atoms with E-state index in [1.165, 1.54) is 6.21 Å². The van der Waals surface area contributed by atoms with Gasteiger partial charge < -0.3 is 9.47 Å². The van der Waals surface area contributed by atoms with Gasteiger partial charge in [0.2, 0.25) is 0 Å². The number of fused-ring (bicyclic) bond motifs is 1. The van der Waals surface area contributed by atoms with Crippen LogP contribution >= 0.6 is 0 Å². The Morgan fingerprint density at radius 2 is 1.60 bits per heavy atom. The lowest BCUT2D eigenvalue weighted by atomic mass is 10.0. The number of ether oxygens (including phenoxy) is 2. The average molecular weight is 467 g/mol. The number of hydrogen-bond acceptors (Lipinski definition) is 5. The van der Waals surface area contributed by atoms with Crippen molar-refractivity contribution in [3.8, 4) is 11.5 Å². The standard InChI is InChI=1S/C29H26N2O4/c1-2-3-19-34-24-16-13-22(14-17-24)28(32)31-30-20-26-25-12-8-7-9-21(25)15-18-27(26)35-29(33)23-10-5-4-6-11-23/h4-18,20H,2-3,19H2,1H3,(H,31,32)/b30-20-. The van der Waals surface area contributed by atoms with Crippen LogP contribution in [0.25, 0.3) is 10.8 Å². The molecule has 0 atom stereocenters. The van der Waals surface area contributed by atoms with E-state index in [4.69, 9.17) is 9.47 Å². The Bertz CT molecular complexity index is 1330. The topological polar surface area (TPSA) is 77.0 Å². The minimum absolute atomic E-state index is 0.351. The van der Waals surface area contributed by atoms with Crippen molar-refractivity contribution in [1.29, 1.82) is 0 Å². The zero-order chi connectivity index (χ0) is 24.5. The van der Waals surface area contributed by atoms with E-state index in [1.807, 2.05) is 36.4 Å². The van der Waals surface area contributed by atoms with E-state index in [2.05, 4.69) is 17.5 Å². The number of benzene rings is 4. The monoisotopic (exact) mass is 466 g/mol. The van der Waals surface area contributed by atoms with Gasteiger partial charge in [-0.2, -0.15) is 5.10 Å². The number of carbonyl (C=O) groups is 2. The second-order valence-electron chi connectivity index (χ2n) is 7.88. The Kier molecular flexibility index (Phi) is 7.86. The molecule has 0 aromatic heterocycles. The van der Waals surface area contributed by atoms with Crippen molar-refractivity contribution in [2.45, 2.75) is 19.8 Å². The van der Waals surface area contributed by atoms with E-state index in [0.29, 0.717) is 29.0 Å². The summed E-state index contributed by atoms with van der Waals surface area (Å²) in [5, 5.41) is 5.95. The van der Waals surface area contributed by atoms with E-state index in [9.17, 15) is 9.59 Å². The van der Waals surface area contributed by atoms with Crippen molar-refractivity contribution in [1.82, 2.24) is 5.43 Å². The zero-order valence-corrected chi connectivity index (χ0v) is 19.4. The van der Waals surface area contributed by atoms with Crippen LogP contribution in [-0.4, -0.2) is 24.7 Å². The van der Waals surface area contributed by atoms with Gasteiger partial charge in [0, 0.05) is 11.1 Å². The molecular formula is C29H26N2O4. The number of nitrogens with one attached hydrogen (secondary N) is 1. The lowest BCUT2D eigenvalue weighted by Crippen LogP contribution is -2.17. The van der Waals surface area contributed by atoms with E-state index >= 15 is 0 Å². The molecule has 1 amide bonds. The SMILES string of the molecule is CCCCOc1ccc(C(=O)N/N=C\c2c(OC(=O)c3ccccc3)ccc3ccccc23)cc1. The minimum Gasteiger partial charge on any atom is -0.494 e. The van der Waals surface area contributed by atoms with Gasteiger partial charge >= 0.3 is 5.97 Å². The number of unbranched alkanes of at least 4 members (excludes halogenated alkanes) is 1. The van der Waals surface area contributed by atoms with Crippen LogP contribution in [0.5, 0.6) is 11.5 Å². The van der Waals surface area contributed by atoms with Crippen LogP contribution in [0.1, 0.15) is 46.0 Å². The fraction of sp³-hybridized carbons (Fsp3) is 0.138. The molecule has 0 spiro atoms. The molecule has 0 saturated carbocycles. The molecule has 6 heteroatoms. The summed E-state index contributed by atoms with van der Waals surface area (Å²) in [6, 6.07) is 27.0. The predicted octanol–water partition coefficient (Wildman–Crippen LogP) is 6.00. The molecule has 0 radical (unpaired) electrons. The Balaban J connectivity index is 1.51. The van der Waals surface area contributed by atoms with Gasteiger partial charge in [-0.05, 0) is 59.7 Å². The predicted molar refractivity (Wildman–Crippen MR) is 137 cm³/mol. The highest BCUT2D eigenvalue weighted by atomic mass is 16.5. The lowest BCUT2D eigenvalue weighted by molar-refractivity contribution is 0.0734. The third kappa shape index (κ3) is 6.12. The van der Waals surface area contributed by atoms with Crippen molar-refractivity contribution in [3.05, 3.63) is 108 Å². The van der Waals surface area contributed by atoms with Crippen molar-refractivity contribution in [2.75, 3.05) is 6.61 Å². The van der Waals surface area contributed by atoms with Gasteiger partial charge in [-0.15, -0.1) is 0 Å². The smallest absolute Gasteiger partial charge is 0.343 e. The third-order valence-corrected chi connectivity index (χ3v) is 5.39. The molecular weight excluding hydrogens is 440 g/mol. The summed E-state index contributed by atoms with van der Waals surface area (Å²) >= 11 is 0. The van der Waals surface area contributed by atoms with Crippen molar-refractivity contribution in [3.63, 3.8) is 0 Å². The van der Waals surface area contributed by atoms with Crippen molar-refractivity contribution in [2.24, 2.45) is 5.10 Å². The molecule has 0 fully saturated rings. The Labute approximate surface area is 204 Å². The third-order valence-electron chi connectivity index (χ3n) is 5.39. The average Bonchev–Trinajstić information content (AvgIpc) is 2.90.